The topological polar surface area (TPSA) is 83.6 Å². The number of aryl methyl sites for hydroxylation is 1. The first-order valence-electron chi connectivity index (χ1n) is 8.44. The van der Waals surface area contributed by atoms with E-state index in [2.05, 4.69) is 4.72 Å². The summed E-state index contributed by atoms with van der Waals surface area (Å²) < 4.78 is 26.8. The van der Waals surface area contributed by atoms with Gasteiger partial charge in [0.15, 0.2) is 0 Å². The first-order valence-corrected chi connectivity index (χ1v) is 10.1. The number of imide groups is 1. The van der Waals surface area contributed by atoms with Crippen molar-refractivity contribution in [3.8, 4) is 0 Å². The van der Waals surface area contributed by atoms with Gasteiger partial charge in [-0.15, -0.1) is 0 Å². The minimum absolute atomic E-state index is 0.152. The molecule has 0 saturated carbocycles. The minimum atomic E-state index is -3.55. The van der Waals surface area contributed by atoms with E-state index in [0.29, 0.717) is 24.1 Å². The largest absolute Gasteiger partial charge is 0.273 e. The molecule has 1 aliphatic heterocycles. The van der Waals surface area contributed by atoms with Crippen LogP contribution in [-0.2, 0) is 16.4 Å². The Kier molecular flexibility index (Phi) is 5.49. The van der Waals surface area contributed by atoms with Crippen molar-refractivity contribution in [2.75, 3.05) is 18.8 Å². The molecule has 0 atom stereocenters. The van der Waals surface area contributed by atoms with Crippen LogP contribution in [0, 0.1) is 0 Å². The Balaban J connectivity index is 1.48. The van der Waals surface area contributed by atoms with Gasteiger partial charge in [0.25, 0.3) is 11.8 Å². The van der Waals surface area contributed by atoms with Crippen LogP contribution in [0.25, 0.3) is 0 Å². The molecular weight excluding hydrogens is 352 g/mol. The Morgan fingerprint density at radius 3 is 2.04 bits per heavy atom. The lowest BCUT2D eigenvalue weighted by Crippen LogP contribution is -2.38. The summed E-state index contributed by atoms with van der Waals surface area (Å²) in [5, 5.41) is 0. The lowest BCUT2D eigenvalue weighted by atomic mass is 10.1. The maximum atomic E-state index is 12.2. The van der Waals surface area contributed by atoms with Crippen LogP contribution < -0.4 is 4.72 Å². The van der Waals surface area contributed by atoms with Crippen LogP contribution in [0.3, 0.4) is 0 Å². The molecule has 0 aromatic heterocycles. The maximum absolute atomic E-state index is 12.2. The van der Waals surface area contributed by atoms with E-state index < -0.39 is 21.8 Å². The van der Waals surface area contributed by atoms with Gasteiger partial charge < -0.3 is 0 Å². The SMILES string of the molecule is O=C1c2ccccc2C(=O)N1CCS(=O)(=O)NCCCc1ccccc1. The van der Waals surface area contributed by atoms with Gasteiger partial charge in [-0.05, 0) is 30.5 Å². The van der Waals surface area contributed by atoms with Gasteiger partial charge in [0.2, 0.25) is 10.0 Å². The second-order valence-electron chi connectivity index (χ2n) is 6.11. The van der Waals surface area contributed by atoms with Crippen molar-refractivity contribution >= 4 is 21.8 Å². The normalized spacial score (nSPS) is 13.9. The van der Waals surface area contributed by atoms with Crippen LogP contribution in [-0.4, -0.2) is 44.0 Å². The van der Waals surface area contributed by atoms with Crippen molar-refractivity contribution < 1.29 is 18.0 Å². The molecule has 136 valence electrons. The highest BCUT2D eigenvalue weighted by molar-refractivity contribution is 7.89. The molecule has 3 rings (SSSR count). The van der Waals surface area contributed by atoms with Crippen LogP contribution >= 0.6 is 0 Å². The molecule has 26 heavy (non-hydrogen) atoms. The summed E-state index contributed by atoms with van der Waals surface area (Å²) in [6.07, 6.45) is 1.46. The standard InChI is InChI=1S/C19H20N2O4S/c22-18-16-10-4-5-11-17(16)19(23)21(18)13-14-26(24,25)20-12-6-9-15-7-2-1-3-8-15/h1-5,7-8,10-11,20H,6,9,12-14H2. The Morgan fingerprint density at radius 1 is 0.846 bits per heavy atom. The molecule has 1 heterocycles. The Morgan fingerprint density at radius 2 is 1.42 bits per heavy atom. The predicted molar refractivity (Wildman–Crippen MR) is 98.4 cm³/mol. The third-order valence-electron chi connectivity index (χ3n) is 4.27. The van der Waals surface area contributed by atoms with Crippen LogP contribution in [0.1, 0.15) is 32.7 Å². The molecule has 2 aromatic rings. The van der Waals surface area contributed by atoms with E-state index in [9.17, 15) is 18.0 Å². The molecule has 0 radical (unpaired) electrons. The number of hydrogen-bond acceptors (Lipinski definition) is 4. The van der Waals surface area contributed by atoms with Gasteiger partial charge in [-0.1, -0.05) is 42.5 Å². The molecule has 0 aliphatic carbocycles. The zero-order valence-electron chi connectivity index (χ0n) is 14.2. The smallest absolute Gasteiger partial charge is 0.261 e. The first kappa shape index (κ1) is 18.3. The Labute approximate surface area is 152 Å². The summed E-state index contributed by atoms with van der Waals surface area (Å²) in [7, 11) is -3.55. The molecule has 7 heteroatoms. The van der Waals surface area contributed by atoms with E-state index >= 15 is 0 Å². The lowest BCUT2D eigenvalue weighted by Gasteiger charge is -2.14. The van der Waals surface area contributed by atoms with Crippen molar-refractivity contribution in [3.05, 3.63) is 71.3 Å². The number of nitrogens with zero attached hydrogens (tertiary/aromatic N) is 1. The third-order valence-corrected chi connectivity index (χ3v) is 5.63. The molecule has 2 aromatic carbocycles. The van der Waals surface area contributed by atoms with Crippen LogP contribution in [0.15, 0.2) is 54.6 Å². The lowest BCUT2D eigenvalue weighted by molar-refractivity contribution is 0.0664. The minimum Gasteiger partial charge on any atom is -0.273 e. The fraction of sp³-hybridized carbons (Fsp3) is 0.263. The molecule has 0 fully saturated rings. The highest BCUT2D eigenvalue weighted by atomic mass is 32.2. The van der Waals surface area contributed by atoms with Gasteiger partial charge in [-0.25, -0.2) is 13.1 Å². The van der Waals surface area contributed by atoms with Crippen molar-refractivity contribution in [2.24, 2.45) is 0 Å². The highest BCUT2D eigenvalue weighted by Gasteiger charge is 2.35. The molecule has 0 bridgehead atoms. The van der Waals surface area contributed by atoms with Crippen molar-refractivity contribution in [3.63, 3.8) is 0 Å². The van der Waals surface area contributed by atoms with Crippen molar-refractivity contribution in [2.45, 2.75) is 12.8 Å². The van der Waals surface area contributed by atoms with E-state index in [1.165, 1.54) is 0 Å². The molecule has 0 spiro atoms. The van der Waals surface area contributed by atoms with Gasteiger partial charge in [0, 0.05) is 13.1 Å². The van der Waals surface area contributed by atoms with E-state index in [1.807, 2.05) is 30.3 Å². The van der Waals surface area contributed by atoms with Crippen molar-refractivity contribution in [1.29, 1.82) is 0 Å². The molecule has 0 saturated heterocycles. The summed E-state index contributed by atoms with van der Waals surface area (Å²) in [4.78, 5) is 25.5. The quantitative estimate of drug-likeness (QED) is 0.566. The number of carbonyl (C=O) groups excluding carboxylic acids is 2. The summed E-state index contributed by atoms with van der Waals surface area (Å²) in [6.45, 7) is 0.166. The summed E-state index contributed by atoms with van der Waals surface area (Å²) >= 11 is 0. The third kappa shape index (κ3) is 4.17. The molecule has 0 unspecified atom stereocenters. The number of amides is 2. The number of nitrogens with one attached hydrogen (secondary N) is 1. The summed E-state index contributed by atoms with van der Waals surface area (Å²) in [6, 6.07) is 16.3. The van der Waals surface area contributed by atoms with Gasteiger partial charge in [-0.3, -0.25) is 14.5 Å². The van der Waals surface area contributed by atoms with E-state index in [1.54, 1.807) is 24.3 Å². The van der Waals surface area contributed by atoms with Gasteiger partial charge >= 0.3 is 0 Å². The zero-order chi connectivity index (χ0) is 18.6. The number of sulfonamides is 1. The van der Waals surface area contributed by atoms with Gasteiger partial charge in [0.1, 0.15) is 0 Å². The average Bonchev–Trinajstić information content (AvgIpc) is 2.89. The highest BCUT2D eigenvalue weighted by Crippen LogP contribution is 2.22. The fourth-order valence-electron chi connectivity index (χ4n) is 2.89. The Hall–Kier alpha value is -2.51. The second kappa shape index (κ2) is 7.80. The number of hydrogen-bond donors (Lipinski definition) is 1. The molecule has 1 N–H and O–H groups in total. The molecule has 2 amide bonds. The molecule has 6 nitrogen and oxygen atoms in total. The van der Waals surface area contributed by atoms with E-state index in [4.69, 9.17) is 0 Å². The van der Waals surface area contributed by atoms with E-state index in [0.717, 1.165) is 16.9 Å². The first-order chi connectivity index (χ1) is 12.5. The zero-order valence-corrected chi connectivity index (χ0v) is 15.0. The van der Waals surface area contributed by atoms with Crippen LogP contribution in [0.4, 0.5) is 0 Å². The average molecular weight is 372 g/mol. The number of benzene rings is 2. The van der Waals surface area contributed by atoms with Gasteiger partial charge in [0.05, 0.1) is 16.9 Å². The maximum Gasteiger partial charge on any atom is 0.261 e. The number of rotatable bonds is 8. The summed E-state index contributed by atoms with van der Waals surface area (Å²) in [5.74, 6) is -1.18. The summed E-state index contributed by atoms with van der Waals surface area (Å²) in [5.41, 5.74) is 1.80. The van der Waals surface area contributed by atoms with Crippen LogP contribution in [0.5, 0.6) is 0 Å². The number of fused-ring (bicyclic) bond motifs is 1. The molecule has 1 aliphatic rings. The monoisotopic (exact) mass is 372 g/mol. The number of carbonyl (C=O) groups is 2. The molecular formula is C19H20N2O4S. The Bertz CT molecular complexity index is 875. The van der Waals surface area contributed by atoms with Gasteiger partial charge in [-0.2, -0.15) is 0 Å². The van der Waals surface area contributed by atoms with E-state index in [-0.39, 0.29) is 12.3 Å². The fourth-order valence-corrected chi connectivity index (χ4v) is 3.91. The van der Waals surface area contributed by atoms with Crippen LogP contribution in [0.2, 0.25) is 0 Å². The predicted octanol–water partition coefficient (Wildman–Crippen LogP) is 1.83. The van der Waals surface area contributed by atoms with Crippen molar-refractivity contribution in [1.82, 2.24) is 9.62 Å². The second-order valence-corrected chi connectivity index (χ2v) is 8.04.